The largest absolute Gasteiger partial charge is 0.508 e. The highest BCUT2D eigenvalue weighted by atomic mass is 16.5. The second-order valence-corrected chi connectivity index (χ2v) is 5.01. The molecule has 126 valence electrons. The molecule has 0 amide bonds. The van der Waals surface area contributed by atoms with Crippen molar-refractivity contribution >= 4 is 10.8 Å². The molecule has 1 aliphatic rings. The van der Waals surface area contributed by atoms with Gasteiger partial charge in [-0.25, -0.2) is 0 Å². The van der Waals surface area contributed by atoms with Crippen molar-refractivity contribution in [3.63, 3.8) is 0 Å². The third-order valence-corrected chi connectivity index (χ3v) is 3.68. The lowest BCUT2D eigenvalue weighted by atomic mass is 9.94. The Morgan fingerprint density at radius 1 is 0.708 bits per heavy atom. The molecule has 0 radical (unpaired) electrons. The van der Waals surface area contributed by atoms with E-state index in [2.05, 4.69) is 6.07 Å². The lowest BCUT2D eigenvalue weighted by Crippen LogP contribution is -2.05. The molecule has 3 nitrogen and oxygen atoms in total. The fourth-order valence-electron chi connectivity index (χ4n) is 2.71. The first kappa shape index (κ1) is 17.7. The Kier molecular flexibility index (Phi) is 5.69. The minimum absolute atomic E-state index is 0.249. The van der Waals surface area contributed by atoms with E-state index in [1.165, 1.54) is 0 Å². The Hall–Kier alpha value is -2.68. The monoisotopic (exact) mass is 324 g/mol. The number of hydrogen-bond acceptors (Lipinski definition) is 3. The van der Waals surface area contributed by atoms with Gasteiger partial charge in [0.1, 0.15) is 23.9 Å². The second kappa shape index (κ2) is 7.73. The van der Waals surface area contributed by atoms with Crippen LogP contribution in [0.1, 0.15) is 33.3 Å². The Morgan fingerprint density at radius 3 is 2.12 bits per heavy atom. The molecule has 0 aliphatic carbocycles. The highest BCUT2D eigenvalue weighted by Gasteiger charge is 2.18. The van der Waals surface area contributed by atoms with E-state index in [-0.39, 0.29) is 11.5 Å². The summed E-state index contributed by atoms with van der Waals surface area (Å²) in [5.74, 6) is 1.31. The molecular weight excluding hydrogens is 300 g/mol. The van der Waals surface area contributed by atoms with Crippen molar-refractivity contribution < 1.29 is 14.9 Å². The lowest BCUT2D eigenvalue weighted by molar-refractivity contribution is 0.302. The Balaban J connectivity index is 0.000000487. The van der Waals surface area contributed by atoms with Crippen molar-refractivity contribution in [1.29, 1.82) is 0 Å². The smallest absolute Gasteiger partial charge is 0.128 e. The van der Waals surface area contributed by atoms with Crippen LogP contribution in [0.15, 0.2) is 48.5 Å². The van der Waals surface area contributed by atoms with Crippen LogP contribution in [0.3, 0.4) is 0 Å². The van der Waals surface area contributed by atoms with Crippen molar-refractivity contribution in [2.75, 3.05) is 0 Å². The van der Waals surface area contributed by atoms with E-state index in [4.69, 9.17) is 4.74 Å². The molecule has 3 heteroatoms. The predicted molar refractivity (Wildman–Crippen MR) is 99.7 cm³/mol. The zero-order chi connectivity index (χ0) is 17.7. The van der Waals surface area contributed by atoms with Gasteiger partial charge in [-0.05, 0) is 52.7 Å². The maximum absolute atomic E-state index is 9.56. The summed E-state index contributed by atoms with van der Waals surface area (Å²) in [5, 5.41) is 21.1. The number of ether oxygens (including phenoxy) is 1. The quantitative estimate of drug-likeness (QED) is 0.544. The molecule has 0 saturated carbocycles. The van der Waals surface area contributed by atoms with E-state index in [9.17, 15) is 10.2 Å². The fourth-order valence-corrected chi connectivity index (χ4v) is 2.71. The molecule has 0 unspecified atom stereocenters. The maximum atomic E-state index is 9.56. The van der Waals surface area contributed by atoms with E-state index in [1.807, 2.05) is 45.9 Å². The molecule has 3 aromatic carbocycles. The Bertz CT molecular complexity index is 838. The summed E-state index contributed by atoms with van der Waals surface area (Å²) in [4.78, 5) is 0. The summed E-state index contributed by atoms with van der Waals surface area (Å²) >= 11 is 0. The van der Waals surface area contributed by atoms with E-state index in [0.717, 1.165) is 33.2 Å². The fraction of sp³-hybridized carbons (Fsp3) is 0.238. The van der Waals surface area contributed by atoms with Crippen LogP contribution in [0.25, 0.3) is 21.9 Å². The molecule has 1 heterocycles. The molecule has 0 bridgehead atoms. The molecule has 3 aromatic rings. The summed E-state index contributed by atoms with van der Waals surface area (Å²) < 4.78 is 5.76. The van der Waals surface area contributed by atoms with Gasteiger partial charge in [-0.15, -0.1) is 0 Å². The average Bonchev–Trinajstić information content (AvgIpc) is 2.63. The average molecular weight is 324 g/mol. The normalized spacial score (nSPS) is 11.0. The van der Waals surface area contributed by atoms with Gasteiger partial charge in [-0.1, -0.05) is 39.8 Å². The number of fused-ring (bicyclic) bond motifs is 4. The molecule has 0 aromatic heterocycles. The van der Waals surface area contributed by atoms with Crippen LogP contribution in [0.4, 0.5) is 0 Å². The first-order valence-electron chi connectivity index (χ1n) is 8.42. The van der Waals surface area contributed by atoms with Gasteiger partial charge >= 0.3 is 0 Å². The molecular formula is C21H24O3. The molecule has 24 heavy (non-hydrogen) atoms. The second-order valence-electron chi connectivity index (χ2n) is 5.01. The number of rotatable bonds is 0. The maximum Gasteiger partial charge on any atom is 0.128 e. The van der Waals surface area contributed by atoms with Gasteiger partial charge < -0.3 is 14.9 Å². The molecule has 0 saturated heterocycles. The van der Waals surface area contributed by atoms with Crippen LogP contribution in [-0.4, -0.2) is 10.2 Å². The highest BCUT2D eigenvalue weighted by Crippen LogP contribution is 2.41. The number of aromatic hydroxyl groups is 2. The van der Waals surface area contributed by atoms with Crippen LogP contribution in [0.5, 0.6) is 17.2 Å². The molecule has 2 N–H and O–H groups in total. The minimum atomic E-state index is 0.249. The zero-order valence-corrected chi connectivity index (χ0v) is 14.6. The topological polar surface area (TPSA) is 49.7 Å². The van der Waals surface area contributed by atoms with Gasteiger partial charge in [0.05, 0.1) is 0 Å². The van der Waals surface area contributed by atoms with Crippen LogP contribution in [0, 0.1) is 0 Å². The molecule has 1 aliphatic heterocycles. The summed E-state index contributed by atoms with van der Waals surface area (Å²) in [5.41, 5.74) is 3.08. The number of benzene rings is 3. The van der Waals surface area contributed by atoms with Gasteiger partial charge in [0.2, 0.25) is 0 Å². The SMILES string of the molecule is CC.CC.Oc1ccc2c(c1)COc1cc3cc(O)ccc3cc1-2. The van der Waals surface area contributed by atoms with Gasteiger partial charge in [-0.3, -0.25) is 0 Å². The molecule has 4 rings (SSSR count). The predicted octanol–water partition coefficient (Wildman–Crippen LogP) is 5.86. The van der Waals surface area contributed by atoms with Gasteiger partial charge in [0.25, 0.3) is 0 Å². The summed E-state index contributed by atoms with van der Waals surface area (Å²) in [6.45, 7) is 8.45. The zero-order valence-electron chi connectivity index (χ0n) is 14.6. The van der Waals surface area contributed by atoms with Crippen LogP contribution in [-0.2, 0) is 6.61 Å². The van der Waals surface area contributed by atoms with Crippen LogP contribution in [0.2, 0.25) is 0 Å². The van der Waals surface area contributed by atoms with Crippen molar-refractivity contribution in [2.24, 2.45) is 0 Å². The molecule has 0 spiro atoms. The third-order valence-electron chi connectivity index (χ3n) is 3.68. The Morgan fingerprint density at radius 2 is 1.38 bits per heavy atom. The third kappa shape index (κ3) is 3.30. The van der Waals surface area contributed by atoms with Crippen molar-refractivity contribution in [3.8, 4) is 28.4 Å². The van der Waals surface area contributed by atoms with Gasteiger partial charge in [0, 0.05) is 11.1 Å². The number of phenolic OH excluding ortho intramolecular Hbond substituents is 2. The highest BCUT2D eigenvalue weighted by molar-refractivity contribution is 5.92. The van der Waals surface area contributed by atoms with Crippen molar-refractivity contribution in [3.05, 3.63) is 54.1 Å². The van der Waals surface area contributed by atoms with Crippen molar-refractivity contribution in [2.45, 2.75) is 34.3 Å². The van der Waals surface area contributed by atoms with Crippen molar-refractivity contribution in [1.82, 2.24) is 0 Å². The number of hydrogen-bond donors (Lipinski definition) is 2. The standard InChI is InChI=1S/C17H12O3.2C2H6/c18-13-2-1-10-7-16-15-4-3-14(19)6-12(15)9-20-17(16)8-11(10)5-13;2*1-2/h1-8,18-19H,9H2;2*1-2H3. The van der Waals surface area contributed by atoms with Crippen LogP contribution < -0.4 is 4.74 Å². The van der Waals surface area contributed by atoms with E-state index in [1.54, 1.807) is 24.3 Å². The minimum Gasteiger partial charge on any atom is -0.508 e. The van der Waals surface area contributed by atoms with Gasteiger partial charge in [0.15, 0.2) is 0 Å². The lowest BCUT2D eigenvalue weighted by Gasteiger charge is -2.21. The first-order chi connectivity index (χ1) is 11.7. The van der Waals surface area contributed by atoms with E-state index < -0.39 is 0 Å². The van der Waals surface area contributed by atoms with Crippen LogP contribution >= 0.6 is 0 Å². The first-order valence-corrected chi connectivity index (χ1v) is 8.42. The van der Waals surface area contributed by atoms with Gasteiger partial charge in [-0.2, -0.15) is 0 Å². The summed E-state index contributed by atoms with van der Waals surface area (Å²) in [6, 6.07) is 14.6. The number of phenols is 2. The van der Waals surface area contributed by atoms with E-state index in [0.29, 0.717) is 6.61 Å². The van der Waals surface area contributed by atoms with E-state index >= 15 is 0 Å². The Labute approximate surface area is 143 Å². The summed E-state index contributed by atoms with van der Waals surface area (Å²) in [6.07, 6.45) is 0. The molecule has 0 fully saturated rings. The molecule has 0 atom stereocenters. The summed E-state index contributed by atoms with van der Waals surface area (Å²) in [7, 11) is 0.